The minimum absolute atomic E-state index is 0.0763. The molecule has 0 radical (unpaired) electrons. The number of rotatable bonds is 4. The number of likely N-dealkylation sites (tertiary alicyclic amines) is 2. The first kappa shape index (κ1) is 22.3. The van der Waals surface area contributed by atoms with E-state index < -0.39 is 22.0 Å². The van der Waals surface area contributed by atoms with Crippen LogP contribution in [0, 0.1) is 13.8 Å². The number of sulfonamides is 1. The molecule has 3 aliphatic heterocycles. The molecular formula is C23H33N3O4S. The van der Waals surface area contributed by atoms with Gasteiger partial charge in [-0.2, -0.15) is 0 Å². The Morgan fingerprint density at radius 3 is 2.26 bits per heavy atom. The van der Waals surface area contributed by atoms with E-state index in [2.05, 4.69) is 4.90 Å². The van der Waals surface area contributed by atoms with Gasteiger partial charge in [-0.05, 0) is 82.3 Å². The van der Waals surface area contributed by atoms with Crippen molar-refractivity contribution in [2.75, 3.05) is 26.2 Å². The van der Waals surface area contributed by atoms with Crippen LogP contribution in [0.1, 0.15) is 56.1 Å². The molecule has 0 aliphatic carbocycles. The molecule has 1 aromatic carbocycles. The van der Waals surface area contributed by atoms with Crippen molar-refractivity contribution in [3.63, 3.8) is 0 Å². The Morgan fingerprint density at radius 2 is 1.61 bits per heavy atom. The molecule has 8 heteroatoms. The van der Waals surface area contributed by atoms with Gasteiger partial charge in [-0.15, -0.1) is 0 Å². The number of benzene rings is 1. The molecule has 0 spiro atoms. The van der Waals surface area contributed by atoms with Crippen LogP contribution in [0.4, 0.5) is 0 Å². The van der Waals surface area contributed by atoms with Gasteiger partial charge in [0.05, 0.1) is 4.90 Å². The molecule has 0 saturated carbocycles. The molecular weight excluding hydrogens is 414 g/mol. The lowest BCUT2D eigenvalue weighted by atomic mass is 9.99. The van der Waals surface area contributed by atoms with Crippen molar-refractivity contribution < 1.29 is 18.0 Å². The fraction of sp³-hybridized carbons (Fsp3) is 0.652. The van der Waals surface area contributed by atoms with E-state index in [-0.39, 0.29) is 23.6 Å². The van der Waals surface area contributed by atoms with Crippen molar-refractivity contribution in [2.45, 2.75) is 75.8 Å². The molecule has 2 amide bonds. The van der Waals surface area contributed by atoms with Crippen LogP contribution in [0.5, 0.6) is 0 Å². The number of piperidine rings is 2. The SMILES string of the molecule is Cc1ccc(S(=O)(=O)N2C(=O)CCC2C(=O)N2CCC(N3CCCCC3)CC2)cc1C. The van der Waals surface area contributed by atoms with Gasteiger partial charge in [-0.25, -0.2) is 12.7 Å². The summed E-state index contributed by atoms with van der Waals surface area (Å²) in [5.74, 6) is -0.713. The molecule has 0 N–H and O–H groups in total. The molecule has 3 fully saturated rings. The van der Waals surface area contributed by atoms with E-state index in [1.54, 1.807) is 17.0 Å². The molecule has 7 nitrogen and oxygen atoms in total. The van der Waals surface area contributed by atoms with Crippen LogP contribution < -0.4 is 0 Å². The molecule has 0 bridgehead atoms. The zero-order valence-electron chi connectivity index (χ0n) is 18.5. The first-order valence-electron chi connectivity index (χ1n) is 11.5. The molecule has 3 heterocycles. The molecule has 1 atom stereocenters. The number of aryl methyl sites for hydroxylation is 2. The minimum Gasteiger partial charge on any atom is -0.341 e. The fourth-order valence-electron chi connectivity index (χ4n) is 5.12. The number of carbonyl (C=O) groups is 2. The summed E-state index contributed by atoms with van der Waals surface area (Å²) in [4.78, 5) is 30.3. The summed E-state index contributed by atoms with van der Waals surface area (Å²) in [6.45, 7) is 7.28. The van der Waals surface area contributed by atoms with E-state index in [0.717, 1.165) is 41.4 Å². The first-order valence-corrected chi connectivity index (χ1v) is 12.9. The standard InChI is InChI=1S/C23H33N3O4S/c1-17-6-7-20(16-18(17)2)31(29,30)26-21(8-9-22(26)27)23(28)25-14-10-19(11-15-25)24-12-4-3-5-13-24/h6-7,16,19,21H,3-5,8-15H2,1-2H3. The molecule has 170 valence electrons. The predicted molar refractivity (Wildman–Crippen MR) is 118 cm³/mol. The Morgan fingerprint density at radius 1 is 0.935 bits per heavy atom. The Hall–Kier alpha value is -1.93. The van der Waals surface area contributed by atoms with Crippen molar-refractivity contribution in [1.29, 1.82) is 0 Å². The number of nitrogens with zero attached hydrogens (tertiary/aromatic N) is 3. The van der Waals surface area contributed by atoms with E-state index in [9.17, 15) is 18.0 Å². The van der Waals surface area contributed by atoms with E-state index in [1.807, 2.05) is 13.8 Å². The summed E-state index contributed by atoms with van der Waals surface area (Å²) >= 11 is 0. The van der Waals surface area contributed by atoms with Gasteiger partial charge in [-0.1, -0.05) is 12.5 Å². The highest BCUT2D eigenvalue weighted by Gasteiger charge is 2.46. The molecule has 3 aliphatic rings. The number of amides is 2. The summed E-state index contributed by atoms with van der Waals surface area (Å²) in [7, 11) is -4.06. The minimum atomic E-state index is -4.06. The monoisotopic (exact) mass is 447 g/mol. The van der Waals surface area contributed by atoms with Crippen LogP contribution in [-0.4, -0.2) is 72.6 Å². The fourth-order valence-corrected chi connectivity index (χ4v) is 6.80. The summed E-state index contributed by atoms with van der Waals surface area (Å²) in [5.41, 5.74) is 1.83. The lowest BCUT2D eigenvalue weighted by Gasteiger charge is -2.41. The highest BCUT2D eigenvalue weighted by molar-refractivity contribution is 7.89. The van der Waals surface area contributed by atoms with Crippen molar-refractivity contribution in [2.24, 2.45) is 0 Å². The number of carbonyl (C=O) groups excluding carboxylic acids is 2. The van der Waals surface area contributed by atoms with Gasteiger partial charge < -0.3 is 9.80 Å². The summed E-state index contributed by atoms with van der Waals surface area (Å²) in [6, 6.07) is 4.43. The zero-order valence-corrected chi connectivity index (χ0v) is 19.4. The van der Waals surface area contributed by atoms with Crippen LogP contribution in [0.15, 0.2) is 23.1 Å². The van der Waals surface area contributed by atoms with Crippen molar-refractivity contribution >= 4 is 21.8 Å². The molecule has 0 aromatic heterocycles. The Labute approximate surface area is 185 Å². The van der Waals surface area contributed by atoms with Crippen molar-refractivity contribution in [1.82, 2.24) is 14.1 Å². The molecule has 31 heavy (non-hydrogen) atoms. The Bertz CT molecular complexity index is 948. The number of hydrogen-bond acceptors (Lipinski definition) is 5. The van der Waals surface area contributed by atoms with Gasteiger partial charge >= 0.3 is 0 Å². The van der Waals surface area contributed by atoms with Gasteiger partial charge in [0.2, 0.25) is 11.8 Å². The third-order valence-corrected chi connectivity index (χ3v) is 8.99. The normalized spacial score (nSPS) is 24.1. The van der Waals surface area contributed by atoms with Crippen molar-refractivity contribution in [3.05, 3.63) is 29.3 Å². The topological polar surface area (TPSA) is 78.0 Å². The van der Waals surface area contributed by atoms with E-state index in [1.165, 1.54) is 25.3 Å². The molecule has 3 saturated heterocycles. The summed E-state index contributed by atoms with van der Waals surface area (Å²) in [5, 5.41) is 0. The van der Waals surface area contributed by atoms with Gasteiger partial charge in [-0.3, -0.25) is 9.59 Å². The molecule has 1 unspecified atom stereocenters. The largest absolute Gasteiger partial charge is 0.341 e. The zero-order chi connectivity index (χ0) is 22.2. The van der Waals surface area contributed by atoms with E-state index in [4.69, 9.17) is 0 Å². The lowest BCUT2D eigenvalue weighted by Crippen LogP contribution is -2.53. The van der Waals surface area contributed by atoms with Crippen LogP contribution in [0.2, 0.25) is 0 Å². The smallest absolute Gasteiger partial charge is 0.267 e. The predicted octanol–water partition coefficient (Wildman–Crippen LogP) is 2.46. The lowest BCUT2D eigenvalue weighted by molar-refractivity contribution is -0.139. The Balaban J connectivity index is 1.47. The van der Waals surface area contributed by atoms with Crippen LogP contribution >= 0.6 is 0 Å². The average molecular weight is 448 g/mol. The maximum Gasteiger partial charge on any atom is 0.267 e. The van der Waals surface area contributed by atoms with Crippen LogP contribution in [0.3, 0.4) is 0 Å². The maximum atomic E-state index is 13.3. The highest BCUT2D eigenvalue weighted by Crippen LogP contribution is 2.30. The first-order chi connectivity index (χ1) is 14.8. The summed E-state index contributed by atoms with van der Waals surface area (Å²) < 4.78 is 27.4. The van der Waals surface area contributed by atoms with E-state index in [0.29, 0.717) is 19.1 Å². The van der Waals surface area contributed by atoms with Crippen LogP contribution in [-0.2, 0) is 19.6 Å². The Kier molecular flexibility index (Phi) is 6.40. The molecule has 1 aromatic rings. The van der Waals surface area contributed by atoms with Gasteiger partial charge in [0.1, 0.15) is 6.04 Å². The second-order valence-corrected chi connectivity index (χ2v) is 11.0. The average Bonchev–Trinajstić information content (AvgIpc) is 3.18. The van der Waals surface area contributed by atoms with Crippen molar-refractivity contribution in [3.8, 4) is 0 Å². The van der Waals surface area contributed by atoms with Gasteiger partial charge in [0, 0.05) is 25.6 Å². The second-order valence-electron chi connectivity index (χ2n) is 9.15. The van der Waals surface area contributed by atoms with Gasteiger partial charge in [0.25, 0.3) is 10.0 Å². The van der Waals surface area contributed by atoms with E-state index >= 15 is 0 Å². The molecule has 4 rings (SSSR count). The quantitative estimate of drug-likeness (QED) is 0.709. The highest BCUT2D eigenvalue weighted by atomic mass is 32.2. The second kappa shape index (κ2) is 8.90. The third-order valence-electron chi connectivity index (χ3n) is 7.16. The van der Waals surface area contributed by atoms with Crippen LogP contribution in [0.25, 0.3) is 0 Å². The maximum absolute atomic E-state index is 13.3. The third kappa shape index (κ3) is 4.37. The number of hydrogen-bond donors (Lipinski definition) is 0. The van der Waals surface area contributed by atoms with Gasteiger partial charge in [0.15, 0.2) is 0 Å². The summed E-state index contributed by atoms with van der Waals surface area (Å²) in [6.07, 6.45) is 5.96.